The van der Waals surface area contributed by atoms with Gasteiger partial charge in [-0.3, -0.25) is 19.6 Å². The number of nitro groups is 1. The molecule has 0 unspecified atom stereocenters. The van der Waals surface area contributed by atoms with E-state index in [0.717, 1.165) is 23.5 Å². The summed E-state index contributed by atoms with van der Waals surface area (Å²) in [5, 5.41) is 18.3. The molecule has 0 fully saturated rings. The van der Waals surface area contributed by atoms with Gasteiger partial charge in [0.2, 0.25) is 5.91 Å². The minimum atomic E-state index is -0.449. The van der Waals surface area contributed by atoms with Gasteiger partial charge in [-0.25, -0.2) is 0 Å². The minimum absolute atomic E-state index is 0.00471. The lowest BCUT2D eigenvalue weighted by Crippen LogP contribution is -2.16. The normalized spacial score (nSPS) is 11.0. The number of carbonyl (C=O) groups excluding carboxylic acids is 1. The number of aromatic nitrogens is 2. The highest BCUT2D eigenvalue weighted by atomic mass is 16.6. The molecule has 1 N–H and O–H groups in total. The van der Waals surface area contributed by atoms with Crippen molar-refractivity contribution in [2.45, 2.75) is 47.6 Å². The van der Waals surface area contributed by atoms with Gasteiger partial charge in [0.25, 0.3) is 5.69 Å². The monoisotopic (exact) mass is 344 g/mol. The van der Waals surface area contributed by atoms with Crippen LogP contribution in [0.25, 0.3) is 0 Å². The van der Waals surface area contributed by atoms with Gasteiger partial charge in [-0.2, -0.15) is 5.10 Å². The molecule has 1 heterocycles. The SMILES string of the molecule is Cc1ccc(NC(=O)Cc2c(C)nn(CC(C)C)c2C)cc1[N+](=O)[O-]. The maximum absolute atomic E-state index is 12.4. The Balaban J connectivity index is 2.15. The molecule has 7 heteroatoms. The minimum Gasteiger partial charge on any atom is -0.326 e. The van der Waals surface area contributed by atoms with Gasteiger partial charge < -0.3 is 5.32 Å². The van der Waals surface area contributed by atoms with E-state index in [1.807, 2.05) is 18.5 Å². The van der Waals surface area contributed by atoms with Gasteiger partial charge in [-0.15, -0.1) is 0 Å². The fourth-order valence-corrected chi connectivity index (χ4v) is 2.76. The summed E-state index contributed by atoms with van der Waals surface area (Å²) in [7, 11) is 0. The van der Waals surface area contributed by atoms with Crippen molar-refractivity contribution in [3.8, 4) is 0 Å². The third kappa shape index (κ3) is 4.43. The Kier molecular flexibility index (Phi) is 5.56. The number of benzene rings is 1. The van der Waals surface area contributed by atoms with Crippen LogP contribution in [-0.4, -0.2) is 20.6 Å². The molecule has 134 valence electrons. The molecule has 0 bridgehead atoms. The zero-order valence-corrected chi connectivity index (χ0v) is 15.3. The molecular formula is C18H24N4O3. The number of rotatable bonds is 6. The van der Waals surface area contributed by atoms with Crippen molar-refractivity contribution in [3.05, 3.63) is 50.8 Å². The number of hydrogen-bond acceptors (Lipinski definition) is 4. The highest BCUT2D eigenvalue weighted by Gasteiger charge is 2.17. The largest absolute Gasteiger partial charge is 0.326 e. The highest BCUT2D eigenvalue weighted by molar-refractivity contribution is 5.92. The zero-order chi connectivity index (χ0) is 18.7. The van der Waals surface area contributed by atoms with Crippen LogP contribution in [0.15, 0.2) is 18.2 Å². The van der Waals surface area contributed by atoms with E-state index in [9.17, 15) is 14.9 Å². The topological polar surface area (TPSA) is 90.1 Å². The second-order valence-corrected chi connectivity index (χ2v) is 6.71. The van der Waals surface area contributed by atoms with Crippen LogP contribution in [0.5, 0.6) is 0 Å². The van der Waals surface area contributed by atoms with Crippen LogP contribution in [0, 0.1) is 36.8 Å². The molecule has 25 heavy (non-hydrogen) atoms. The third-order valence-electron chi connectivity index (χ3n) is 4.10. The number of amides is 1. The van der Waals surface area contributed by atoms with Gasteiger partial charge >= 0.3 is 0 Å². The standard InChI is InChI=1S/C18H24N4O3/c1-11(2)10-21-14(5)16(13(4)20-21)9-18(23)19-15-7-6-12(3)17(8-15)22(24)25/h6-8,11H,9-10H2,1-5H3,(H,19,23). The maximum atomic E-state index is 12.4. The van der Waals surface area contributed by atoms with Gasteiger partial charge in [0, 0.05) is 35.1 Å². The zero-order valence-electron chi connectivity index (χ0n) is 15.3. The third-order valence-corrected chi connectivity index (χ3v) is 4.10. The van der Waals surface area contributed by atoms with Crippen LogP contribution < -0.4 is 5.32 Å². The molecule has 0 spiro atoms. The van der Waals surface area contributed by atoms with Gasteiger partial charge in [0.15, 0.2) is 0 Å². The van der Waals surface area contributed by atoms with E-state index >= 15 is 0 Å². The van der Waals surface area contributed by atoms with E-state index in [1.54, 1.807) is 19.1 Å². The van der Waals surface area contributed by atoms with Gasteiger partial charge in [0.1, 0.15) is 0 Å². The Bertz CT molecular complexity index is 809. The first-order valence-corrected chi connectivity index (χ1v) is 8.26. The first-order valence-electron chi connectivity index (χ1n) is 8.26. The van der Waals surface area contributed by atoms with Crippen molar-refractivity contribution >= 4 is 17.3 Å². The lowest BCUT2D eigenvalue weighted by molar-refractivity contribution is -0.385. The Hall–Kier alpha value is -2.70. The average molecular weight is 344 g/mol. The molecule has 0 atom stereocenters. The molecule has 1 aromatic carbocycles. The Morgan fingerprint density at radius 3 is 2.60 bits per heavy atom. The van der Waals surface area contributed by atoms with E-state index < -0.39 is 4.92 Å². The van der Waals surface area contributed by atoms with Crippen molar-refractivity contribution in [3.63, 3.8) is 0 Å². The molecule has 2 rings (SSSR count). The molecule has 1 aromatic heterocycles. The van der Waals surface area contributed by atoms with Crippen molar-refractivity contribution < 1.29 is 9.72 Å². The first-order chi connectivity index (χ1) is 11.7. The maximum Gasteiger partial charge on any atom is 0.274 e. The summed E-state index contributed by atoms with van der Waals surface area (Å²) in [6, 6.07) is 4.68. The molecule has 7 nitrogen and oxygen atoms in total. The van der Waals surface area contributed by atoms with Crippen LogP contribution in [-0.2, 0) is 17.8 Å². The quantitative estimate of drug-likeness (QED) is 0.641. The Labute approximate surface area is 147 Å². The summed E-state index contributed by atoms with van der Waals surface area (Å²) in [4.78, 5) is 22.9. The Morgan fingerprint density at radius 1 is 1.32 bits per heavy atom. The van der Waals surface area contributed by atoms with Crippen LogP contribution in [0.3, 0.4) is 0 Å². The summed E-state index contributed by atoms with van der Waals surface area (Å²) < 4.78 is 1.93. The van der Waals surface area contributed by atoms with Crippen LogP contribution in [0.2, 0.25) is 0 Å². The summed E-state index contributed by atoms with van der Waals surface area (Å²) in [5.41, 5.74) is 3.70. The van der Waals surface area contributed by atoms with E-state index in [0.29, 0.717) is 17.2 Å². The molecular weight excluding hydrogens is 320 g/mol. The van der Waals surface area contributed by atoms with Crippen molar-refractivity contribution in [1.29, 1.82) is 0 Å². The van der Waals surface area contributed by atoms with Crippen molar-refractivity contribution in [2.75, 3.05) is 5.32 Å². The molecule has 1 amide bonds. The van der Waals surface area contributed by atoms with Gasteiger partial charge in [-0.1, -0.05) is 19.9 Å². The predicted molar refractivity (Wildman–Crippen MR) is 96.7 cm³/mol. The van der Waals surface area contributed by atoms with Gasteiger partial charge in [-0.05, 0) is 32.8 Å². The lowest BCUT2D eigenvalue weighted by atomic mass is 10.1. The van der Waals surface area contributed by atoms with Crippen molar-refractivity contribution in [2.24, 2.45) is 5.92 Å². The van der Waals surface area contributed by atoms with Gasteiger partial charge in [0.05, 0.1) is 17.0 Å². The molecule has 0 radical (unpaired) electrons. The summed E-state index contributed by atoms with van der Waals surface area (Å²) in [6.07, 6.45) is 0.192. The summed E-state index contributed by atoms with van der Waals surface area (Å²) in [5.74, 6) is 0.251. The second-order valence-electron chi connectivity index (χ2n) is 6.71. The van der Waals surface area contributed by atoms with Crippen LogP contribution in [0.1, 0.15) is 36.4 Å². The van der Waals surface area contributed by atoms with Crippen LogP contribution >= 0.6 is 0 Å². The summed E-state index contributed by atoms with van der Waals surface area (Å²) >= 11 is 0. The molecule has 0 saturated heterocycles. The van der Waals surface area contributed by atoms with Crippen LogP contribution in [0.4, 0.5) is 11.4 Å². The number of nitrogens with zero attached hydrogens (tertiary/aromatic N) is 3. The fourth-order valence-electron chi connectivity index (χ4n) is 2.76. The average Bonchev–Trinajstić information content (AvgIpc) is 2.76. The van der Waals surface area contributed by atoms with E-state index in [1.165, 1.54) is 6.07 Å². The fraction of sp³-hybridized carbons (Fsp3) is 0.444. The predicted octanol–water partition coefficient (Wildman–Crippen LogP) is 3.55. The van der Waals surface area contributed by atoms with E-state index in [-0.39, 0.29) is 18.0 Å². The lowest BCUT2D eigenvalue weighted by Gasteiger charge is -2.09. The van der Waals surface area contributed by atoms with E-state index in [2.05, 4.69) is 24.3 Å². The second kappa shape index (κ2) is 7.46. The number of aryl methyl sites for hydroxylation is 2. The molecule has 0 saturated carbocycles. The number of anilines is 1. The summed E-state index contributed by atoms with van der Waals surface area (Å²) in [6.45, 7) is 10.6. The number of carbonyl (C=O) groups is 1. The van der Waals surface area contributed by atoms with Crippen molar-refractivity contribution in [1.82, 2.24) is 9.78 Å². The molecule has 2 aromatic rings. The molecule has 0 aliphatic heterocycles. The number of nitro benzene ring substituents is 1. The highest BCUT2D eigenvalue weighted by Crippen LogP contribution is 2.23. The molecule has 0 aliphatic carbocycles. The van der Waals surface area contributed by atoms with E-state index in [4.69, 9.17) is 0 Å². The number of hydrogen-bond donors (Lipinski definition) is 1. The number of nitrogens with one attached hydrogen (secondary N) is 1. The Morgan fingerprint density at radius 2 is 2.00 bits per heavy atom. The molecule has 0 aliphatic rings. The smallest absolute Gasteiger partial charge is 0.274 e. The first kappa shape index (κ1) is 18.6.